The molecule has 1 N–H and O–H groups in total. The number of esters is 1. The molecule has 0 bridgehead atoms. The van der Waals surface area contributed by atoms with Gasteiger partial charge in [0.15, 0.2) is 6.10 Å². The summed E-state index contributed by atoms with van der Waals surface area (Å²) in [6.07, 6.45) is 5.34. The number of halogens is 1. The predicted molar refractivity (Wildman–Crippen MR) is 89.1 cm³/mol. The van der Waals surface area contributed by atoms with E-state index >= 15 is 0 Å². The van der Waals surface area contributed by atoms with E-state index in [0.717, 1.165) is 55.2 Å². The molecular formula is C19H28BrNO3. The smallest absolute Gasteiger partial charge is 0.314 e. The number of hydrogen-bond donors (Lipinski definition) is 1. The van der Waals surface area contributed by atoms with Crippen LogP contribution in [0, 0.1) is 5.92 Å². The van der Waals surface area contributed by atoms with Crippen LogP contribution in [-0.4, -0.2) is 48.8 Å². The Morgan fingerprint density at radius 2 is 1.88 bits per heavy atom. The zero-order valence-electron chi connectivity index (χ0n) is 14.6. The molecule has 1 saturated carbocycles. The van der Waals surface area contributed by atoms with E-state index < -0.39 is 0 Å². The van der Waals surface area contributed by atoms with Crippen molar-refractivity contribution in [2.45, 2.75) is 44.1 Å². The van der Waals surface area contributed by atoms with Crippen molar-refractivity contribution in [3.05, 3.63) is 29.8 Å². The lowest BCUT2D eigenvalue weighted by Gasteiger charge is -2.26. The van der Waals surface area contributed by atoms with Crippen LogP contribution >= 0.6 is 0 Å². The van der Waals surface area contributed by atoms with Crippen LogP contribution in [0.2, 0.25) is 0 Å². The molecule has 1 aliphatic carbocycles. The lowest BCUT2D eigenvalue weighted by atomic mass is 9.84. The number of aromatic hydroxyl groups is 1. The maximum atomic E-state index is 12.9. The fourth-order valence-corrected chi connectivity index (χ4v) is 4.18. The number of rotatable bonds is 4. The van der Waals surface area contributed by atoms with Crippen LogP contribution in [0.5, 0.6) is 5.75 Å². The summed E-state index contributed by atoms with van der Waals surface area (Å²) < 4.78 is 6.77. The van der Waals surface area contributed by atoms with Gasteiger partial charge in [0, 0.05) is 12.0 Å². The van der Waals surface area contributed by atoms with Gasteiger partial charge in [-0.1, -0.05) is 31.0 Å². The number of carbonyl (C=O) groups excluding carboxylic acids is 1. The monoisotopic (exact) mass is 397 g/mol. The topological polar surface area (TPSA) is 46.5 Å². The molecule has 2 aliphatic rings. The predicted octanol–water partition coefficient (Wildman–Crippen LogP) is 0.0619. The molecular weight excluding hydrogens is 370 g/mol. The molecule has 5 heteroatoms. The van der Waals surface area contributed by atoms with E-state index in [1.807, 2.05) is 12.1 Å². The van der Waals surface area contributed by atoms with Crippen molar-refractivity contribution < 1.29 is 36.1 Å². The molecule has 2 fully saturated rings. The summed E-state index contributed by atoms with van der Waals surface area (Å²) in [5, 5.41) is 10.2. The van der Waals surface area contributed by atoms with Crippen molar-refractivity contribution in [3.63, 3.8) is 0 Å². The summed E-state index contributed by atoms with van der Waals surface area (Å²) in [4.78, 5) is 12.9. The first kappa shape index (κ1) is 19.3. The minimum absolute atomic E-state index is 0. The number of benzene rings is 1. The van der Waals surface area contributed by atoms with Crippen LogP contribution in [0.1, 0.15) is 43.6 Å². The van der Waals surface area contributed by atoms with E-state index in [9.17, 15) is 9.90 Å². The van der Waals surface area contributed by atoms with Crippen molar-refractivity contribution in [2.75, 3.05) is 27.2 Å². The second-order valence-electron chi connectivity index (χ2n) is 7.77. The second-order valence-corrected chi connectivity index (χ2v) is 7.77. The first-order chi connectivity index (χ1) is 11.0. The largest absolute Gasteiger partial charge is 1.00 e. The maximum absolute atomic E-state index is 12.9. The van der Waals surface area contributed by atoms with Crippen LogP contribution in [0.15, 0.2) is 24.3 Å². The van der Waals surface area contributed by atoms with Gasteiger partial charge in [0.2, 0.25) is 0 Å². The molecule has 3 rings (SSSR count). The average Bonchev–Trinajstić information content (AvgIpc) is 3.11. The fraction of sp³-hybridized carbons (Fsp3) is 0.632. The average molecular weight is 398 g/mol. The number of para-hydroxylation sites is 1. The Kier molecular flexibility index (Phi) is 6.32. The Morgan fingerprint density at radius 1 is 1.21 bits per heavy atom. The molecule has 24 heavy (non-hydrogen) atoms. The lowest BCUT2D eigenvalue weighted by Crippen LogP contribution is -3.00. The van der Waals surface area contributed by atoms with Crippen LogP contribution in [-0.2, 0) is 9.53 Å². The Bertz CT molecular complexity index is 569. The molecule has 1 heterocycles. The quantitative estimate of drug-likeness (QED) is 0.577. The van der Waals surface area contributed by atoms with Gasteiger partial charge in [-0.15, -0.1) is 0 Å². The number of carbonyl (C=O) groups is 1. The molecule has 1 saturated heterocycles. The summed E-state index contributed by atoms with van der Waals surface area (Å²) >= 11 is 0. The van der Waals surface area contributed by atoms with Gasteiger partial charge in [0.25, 0.3) is 0 Å². The van der Waals surface area contributed by atoms with Gasteiger partial charge >= 0.3 is 5.97 Å². The van der Waals surface area contributed by atoms with Gasteiger partial charge in [-0.05, 0) is 24.8 Å². The number of phenols is 1. The first-order valence-corrected chi connectivity index (χ1v) is 8.77. The van der Waals surface area contributed by atoms with Crippen molar-refractivity contribution >= 4 is 5.97 Å². The fourth-order valence-electron chi connectivity index (χ4n) is 4.18. The molecule has 4 nitrogen and oxygen atoms in total. The molecule has 0 spiro atoms. The minimum atomic E-state index is -0.324. The Balaban J connectivity index is 0.00000208. The number of hydrogen-bond acceptors (Lipinski definition) is 3. The Labute approximate surface area is 155 Å². The van der Waals surface area contributed by atoms with Gasteiger partial charge in [-0.3, -0.25) is 4.79 Å². The Morgan fingerprint density at radius 3 is 2.46 bits per heavy atom. The molecule has 1 aromatic rings. The first-order valence-electron chi connectivity index (χ1n) is 8.77. The minimum Gasteiger partial charge on any atom is -1.00 e. The van der Waals surface area contributed by atoms with E-state index in [4.69, 9.17) is 4.74 Å². The van der Waals surface area contributed by atoms with E-state index in [-0.39, 0.29) is 40.7 Å². The number of likely N-dealkylation sites (tertiary alicyclic amines) is 1. The van der Waals surface area contributed by atoms with Crippen LogP contribution < -0.4 is 17.0 Å². The lowest BCUT2D eigenvalue weighted by molar-refractivity contribution is -0.879. The van der Waals surface area contributed by atoms with Gasteiger partial charge in [-0.25, -0.2) is 0 Å². The molecule has 1 aromatic carbocycles. The number of nitrogens with zero attached hydrogens (tertiary/aromatic N) is 1. The normalized spacial score (nSPS) is 24.3. The highest BCUT2D eigenvalue weighted by Crippen LogP contribution is 2.41. The van der Waals surface area contributed by atoms with Crippen molar-refractivity contribution in [1.82, 2.24) is 0 Å². The molecule has 1 unspecified atom stereocenters. The van der Waals surface area contributed by atoms with Crippen molar-refractivity contribution in [2.24, 2.45) is 5.92 Å². The molecule has 0 amide bonds. The third-order valence-corrected chi connectivity index (χ3v) is 5.43. The SMILES string of the molecule is C[N+]1(C)CC[C@@H](OC(=O)C(c2ccccc2O)C2CCCC2)C1.[Br-]. The van der Waals surface area contributed by atoms with E-state index in [0.29, 0.717) is 5.92 Å². The second kappa shape index (κ2) is 7.87. The van der Waals surface area contributed by atoms with Gasteiger partial charge in [-0.2, -0.15) is 0 Å². The standard InChI is InChI=1S/C19H27NO3.BrH/c1-20(2)12-11-15(13-20)23-19(22)18(14-7-3-4-8-14)16-9-5-6-10-17(16)21;/h5-6,9-10,14-15,18H,3-4,7-8,11-13H2,1-2H3;1H/t15-,18?;/m1./s1. The van der Waals surface area contributed by atoms with Gasteiger partial charge in [0.05, 0.1) is 26.6 Å². The summed E-state index contributed by atoms with van der Waals surface area (Å²) in [6, 6.07) is 7.22. The molecule has 134 valence electrons. The van der Waals surface area contributed by atoms with Crippen molar-refractivity contribution in [1.29, 1.82) is 0 Å². The highest BCUT2D eigenvalue weighted by molar-refractivity contribution is 5.79. The summed E-state index contributed by atoms with van der Waals surface area (Å²) in [5.41, 5.74) is 0.733. The molecule has 1 aliphatic heterocycles. The molecule has 2 atom stereocenters. The highest BCUT2D eigenvalue weighted by atomic mass is 79.9. The summed E-state index contributed by atoms with van der Waals surface area (Å²) in [5.74, 6) is 0.0313. The zero-order chi connectivity index (χ0) is 16.4. The van der Waals surface area contributed by atoms with E-state index in [2.05, 4.69) is 14.1 Å². The highest BCUT2D eigenvalue weighted by Gasteiger charge is 2.39. The number of likely N-dealkylation sites (N-methyl/N-ethyl adjacent to an activating group) is 1. The van der Waals surface area contributed by atoms with Gasteiger partial charge < -0.3 is 31.3 Å². The molecule has 0 aromatic heterocycles. The third-order valence-electron chi connectivity index (χ3n) is 5.43. The molecule has 0 radical (unpaired) electrons. The number of phenolic OH excluding ortho intramolecular Hbond substituents is 1. The van der Waals surface area contributed by atoms with E-state index in [1.54, 1.807) is 12.1 Å². The zero-order valence-corrected chi connectivity index (χ0v) is 16.2. The third kappa shape index (κ3) is 4.31. The van der Waals surface area contributed by atoms with Crippen LogP contribution in [0.3, 0.4) is 0 Å². The number of quaternary nitrogens is 1. The van der Waals surface area contributed by atoms with Crippen LogP contribution in [0.4, 0.5) is 0 Å². The van der Waals surface area contributed by atoms with Crippen LogP contribution in [0.25, 0.3) is 0 Å². The Hall–Kier alpha value is -1.07. The summed E-state index contributed by atoms with van der Waals surface area (Å²) in [7, 11) is 4.34. The number of ether oxygens (including phenoxy) is 1. The van der Waals surface area contributed by atoms with Gasteiger partial charge in [0.1, 0.15) is 12.3 Å². The van der Waals surface area contributed by atoms with Crippen molar-refractivity contribution in [3.8, 4) is 5.75 Å². The van der Waals surface area contributed by atoms with E-state index in [1.165, 1.54) is 0 Å². The maximum Gasteiger partial charge on any atom is 0.314 e. The summed E-state index contributed by atoms with van der Waals surface area (Å²) in [6.45, 7) is 1.92.